The molecule has 0 saturated heterocycles. The molecular formula is C19H30N6O4. The minimum atomic E-state index is -0.663. The van der Waals surface area contributed by atoms with E-state index in [-0.39, 0.29) is 30.5 Å². The van der Waals surface area contributed by atoms with Crippen LogP contribution in [-0.4, -0.2) is 45.7 Å². The normalized spacial score (nSPS) is 11.2. The number of rotatable bonds is 9. The molecule has 0 atom stereocenters. The summed E-state index contributed by atoms with van der Waals surface area (Å²) in [6, 6.07) is 0. The fraction of sp³-hybridized carbons (Fsp3) is 0.579. The van der Waals surface area contributed by atoms with Crippen molar-refractivity contribution in [1.29, 1.82) is 0 Å². The van der Waals surface area contributed by atoms with E-state index in [9.17, 15) is 14.4 Å². The van der Waals surface area contributed by atoms with Crippen molar-refractivity contribution in [3.8, 4) is 0 Å². The van der Waals surface area contributed by atoms with E-state index in [0.717, 1.165) is 24.1 Å². The van der Waals surface area contributed by atoms with E-state index < -0.39 is 11.2 Å². The Morgan fingerprint density at radius 1 is 1.28 bits per heavy atom. The molecule has 0 aromatic carbocycles. The minimum Gasteiger partial charge on any atom is -0.383 e. The smallest absolute Gasteiger partial charge is 0.330 e. The van der Waals surface area contributed by atoms with Gasteiger partial charge in [0, 0.05) is 25.2 Å². The van der Waals surface area contributed by atoms with Crippen molar-refractivity contribution < 1.29 is 9.32 Å². The molecule has 1 amide bonds. The topological polar surface area (TPSA) is 130 Å². The van der Waals surface area contributed by atoms with Gasteiger partial charge in [-0.15, -0.1) is 0 Å². The second-order valence-corrected chi connectivity index (χ2v) is 7.11. The Labute approximate surface area is 169 Å². The molecule has 0 aliphatic rings. The third-order valence-corrected chi connectivity index (χ3v) is 4.85. The first-order valence-electron chi connectivity index (χ1n) is 9.74. The molecule has 0 bridgehead atoms. The molecule has 0 fully saturated rings. The van der Waals surface area contributed by atoms with Crippen molar-refractivity contribution in [1.82, 2.24) is 19.6 Å². The fourth-order valence-electron chi connectivity index (χ4n) is 3.21. The number of unbranched alkanes of at least 4 members (excludes halogenated alkanes) is 1. The van der Waals surface area contributed by atoms with Crippen LogP contribution in [-0.2, 0) is 17.9 Å². The second-order valence-electron chi connectivity index (χ2n) is 7.11. The molecule has 0 spiro atoms. The van der Waals surface area contributed by atoms with Gasteiger partial charge in [0.15, 0.2) is 5.69 Å². The Hall–Kier alpha value is -2.88. The predicted molar refractivity (Wildman–Crippen MR) is 111 cm³/mol. The monoisotopic (exact) mass is 406 g/mol. The van der Waals surface area contributed by atoms with Crippen LogP contribution < -0.4 is 21.9 Å². The number of aromatic amines is 1. The summed E-state index contributed by atoms with van der Waals surface area (Å²) in [5.74, 6) is 0.424. The van der Waals surface area contributed by atoms with Crippen molar-refractivity contribution in [3.05, 3.63) is 37.9 Å². The fourth-order valence-corrected chi connectivity index (χ4v) is 3.21. The molecule has 0 unspecified atom stereocenters. The number of nitrogen functional groups attached to an aromatic ring is 1. The van der Waals surface area contributed by atoms with Crippen molar-refractivity contribution >= 4 is 17.4 Å². The Morgan fingerprint density at radius 3 is 2.52 bits per heavy atom. The van der Waals surface area contributed by atoms with Crippen molar-refractivity contribution in [2.24, 2.45) is 0 Å². The number of aromatic nitrogens is 3. The highest BCUT2D eigenvalue weighted by Gasteiger charge is 2.24. The van der Waals surface area contributed by atoms with Gasteiger partial charge >= 0.3 is 5.69 Å². The van der Waals surface area contributed by atoms with Gasteiger partial charge in [0.1, 0.15) is 11.6 Å². The predicted octanol–water partition coefficient (Wildman–Crippen LogP) is 1.01. The summed E-state index contributed by atoms with van der Waals surface area (Å²) in [5.41, 5.74) is 6.62. The largest absolute Gasteiger partial charge is 0.383 e. The number of aryl methyl sites for hydroxylation is 2. The van der Waals surface area contributed by atoms with Crippen LogP contribution in [0.25, 0.3) is 0 Å². The number of amides is 1. The maximum absolute atomic E-state index is 12.9. The van der Waals surface area contributed by atoms with Gasteiger partial charge < -0.3 is 15.2 Å². The second kappa shape index (κ2) is 9.55. The maximum Gasteiger partial charge on any atom is 0.330 e. The number of carbonyl (C=O) groups is 1. The van der Waals surface area contributed by atoms with Gasteiger partial charge in [-0.25, -0.2) is 4.79 Å². The van der Waals surface area contributed by atoms with Crippen LogP contribution in [0.5, 0.6) is 0 Å². The summed E-state index contributed by atoms with van der Waals surface area (Å²) in [6.07, 6.45) is 1.60. The number of hydrogen-bond acceptors (Lipinski definition) is 7. The minimum absolute atomic E-state index is 0.00998. The Kier molecular flexibility index (Phi) is 7.38. The van der Waals surface area contributed by atoms with E-state index in [1.54, 1.807) is 14.0 Å². The number of likely N-dealkylation sites (N-methyl/N-ethyl adjacent to an activating group) is 2. The summed E-state index contributed by atoms with van der Waals surface area (Å²) in [5, 5.41) is 3.92. The lowest BCUT2D eigenvalue weighted by molar-refractivity contribution is -0.119. The molecule has 2 heterocycles. The standard InChI is InChI=1S/C19H30N6O4/c1-6-8-9-25-17(20)16(18(27)21-19(25)28)24(7-2)15(26)11-23(5)10-14-12(3)22-29-13(14)4/h6-11,20H2,1-5H3,(H,21,27,28). The molecule has 160 valence electrons. The van der Waals surface area contributed by atoms with Crippen molar-refractivity contribution in [3.63, 3.8) is 0 Å². The summed E-state index contributed by atoms with van der Waals surface area (Å²) in [6.45, 7) is 8.58. The average Bonchev–Trinajstić information content (AvgIpc) is 2.96. The van der Waals surface area contributed by atoms with Crippen LogP contribution in [0.1, 0.15) is 43.7 Å². The molecule has 0 aliphatic carbocycles. The van der Waals surface area contributed by atoms with E-state index in [2.05, 4.69) is 10.1 Å². The number of nitrogens with two attached hydrogens (primary N) is 1. The van der Waals surface area contributed by atoms with E-state index in [4.69, 9.17) is 10.3 Å². The molecule has 0 aliphatic heterocycles. The average molecular weight is 406 g/mol. The number of hydrogen-bond donors (Lipinski definition) is 2. The Morgan fingerprint density at radius 2 is 1.97 bits per heavy atom. The molecular weight excluding hydrogens is 376 g/mol. The third-order valence-electron chi connectivity index (χ3n) is 4.85. The third kappa shape index (κ3) is 4.94. The zero-order valence-electron chi connectivity index (χ0n) is 17.7. The summed E-state index contributed by atoms with van der Waals surface area (Å²) in [7, 11) is 1.80. The van der Waals surface area contributed by atoms with Gasteiger partial charge in [-0.2, -0.15) is 0 Å². The zero-order valence-corrected chi connectivity index (χ0v) is 17.7. The molecule has 2 aromatic heterocycles. The van der Waals surface area contributed by atoms with Crippen LogP contribution in [0, 0.1) is 13.8 Å². The molecule has 10 nitrogen and oxygen atoms in total. The van der Waals surface area contributed by atoms with E-state index in [1.807, 2.05) is 25.7 Å². The quantitative estimate of drug-likeness (QED) is 0.635. The Bertz CT molecular complexity index is 955. The van der Waals surface area contributed by atoms with Gasteiger partial charge in [0.25, 0.3) is 5.56 Å². The van der Waals surface area contributed by atoms with Crippen LogP contribution in [0.15, 0.2) is 14.1 Å². The number of carbonyl (C=O) groups excluding carboxylic acids is 1. The van der Waals surface area contributed by atoms with E-state index >= 15 is 0 Å². The van der Waals surface area contributed by atoms with E-state index in [0.29, 0.717) is 18.8 Å². The van der Waals surface area contributed by atoms with Crippen molar-refractivity contribution in [2.45, 2.75) is 53.6 Å². The van der Waals surface area contributed by atoms with Crippen molar-refractivity contribution in [2.75, 3.05) is 30.8 Å². The van der Waals surface area contributed by atoms with Gasteiger partial charge in [0.2, 0.25) is 5.91 Å². The summed E-state index contributed by atoms with van der Waals surface area (Å²) >= 11 is 0. The van der Waals surface area contributed by atoms with Gasteiger partial charge in [-0.3, -0.25) is 24.0 Å². The first kappa shape index (κ1) is 22.4. The molecule has 2 aromatic rings. The molecule has 0 saturated carbocycles. The summed E-state index contributed by atoms with van der Waals surface area (Å²) in [4.78, 5) is 42.9. The number of nitrogens with one attached hydrogen (secondary N) is 1. The van der Waals surface area contributed by atoms with E-state index in [1.165, 1.54) is 9.47 Å². The van der Waals surface area contributed by atoms with Crippen LogP contribution in [0.3, 0.4) is 0 Å². The Balaban J connectivity index is 2.27. The SMILES string of the molecule is CCCCn1c(N)c(N(CC)C(=O)CN(C)Cc2c(C)noc2C)c(=O)[nH]c1=O. The first-order valence-corrected chi connectivity index (χ1v) is 9.74. The van der Waals surface area contributed by atoms with Crippen LogP contribution >= 0.6 is 0 Å². The van der Waals surface area contributed by atoms with Gasteiger partial charge in [-0.05, 0) is 34.2 Å². The molecule has 29 heavy (non-hydrogen) atoms. The highest BCUT2D eigenvalue weighted by atomic mass is 16.5. The lowest BCUT2D eigenvalue weighted by Crippen LogP contribution is -2.44. The highest BCUT2D eigenvalue weighted by Crippen LogP contribution is 2.18. The van der Waals surface area contributed by atoms with Crippen LogP contribution in [0.4, 0.5) is 11.5 Å². The molecule has 2 rings (SSSR count). The van der Waals surface area contributed by atoms with Crippen LogP contribution in [0.2, 0.25) is 0 Å². The highest BCUT2D eigenvalue weighted by molar-refractivity contribution is 5.96. The molecule has 0 radical (unpaired) electrons. The first-order chi connectivity index (χ1) is 13.7. The summed E-state index contributed by atoms with van der Waals surface area (Å²) < 4.78 is 6.47. The van der Waals surface area contributed by atoms with Gasteiger partial charge in [-0.1, -0.05) is 18.5 Å². The molecule has 10 heteroatoms. The number of nitrogens with zero attached hydrogens (tertiary/aromatic N) is 4. The zero-order chi connectivity index (χ0) is 21.7. The maximum atomic E-state index is 12.9. The lowest BCUT2D eigenvalue weighted by atomic mass is 10.2. The lowest BCUT2D eigenvalue weighted by Gasteiger charge is -2.25. The van der Waals surface area contributed by atoms with Gasteiger partial charge in [0.05, 0.1) is 12.2 Å². The number of anilines is 2. The number of H-pyrrole nitrogens is 1. The molecule has 3 N–H and O–H groups in total.